The van der Waals surface area contributed by atoms with Gasteiger partial charge in [0, 0.05) is 5.02 Å². The first-order chi connectivity index (χ1) is 10.5. The second-order valence-electron chi connectivity index (χ2n) is 4.24. The van der Waals surface area contributed by atoms with Crippen molar-refractivity contribution in [3.05, 3.63) is 58.1 Å². The van der Waals surface area contributed by atoms with Gasteiger partial charge in [0.15, 0.2) is 0 Å². The molecule has 2 N–H and O–H groups in total. The molecule has 2 amide bonds. The van der Waals surface area contributed by atoms with Crippen molar-refractivity contribution in [3.63, 3.8) is 0 Å². The van der Waals surface area contributed by atoms with Gasteiger partial charge in [-0.2, -0.15) is 0 Å². The Kier molecular flexibility index (Phi) is 5.25. The monoisotopic (exact) mass is 338 g/mol. The van der Waals surface area contributed by atoms with Crippen molar-refractivity contribution in [3.8, 4) is 0 Å². The summed E-state index contributed by atoms with van der Waals surface area (Å²) in [7, 11) is 1.27. The Balaban J connectivity index is 2.14. The summed E-state index contributed by atoms with van der Waals surface area (Å²) in [6.07, 6.45) is 0. The van der Waals surface area contributed by atoms with Gasteiger partial charge in [-0.15, -0.1) is 0 Å². The first kappa shape index (κ1) is 16.1. The first-order valence-electron chi connectivity index (χ1n) is 6.21. The molecule has 22 heavy (non-hydrogen) atoms. The van der Waals surface area contributed by atoms with Crippen LogP contribution >= 0.6 is 23.2 Å². The maximum Gasteiger partial charge on any atom is 0.339 e. The van der Waals surface area contributed by atoms with Gasteiger partial charge in [0.05, 0.1) is 29.1 Å². The van der Waals surface area contributed by atoms with Crippen LogP contribution in [0.2, 0.25) is 10.0 Å². The van der Waals surface area contributed by atoms with Crippen LogP contribution in [0.25, 0.3) is 0 Å². The lowest BCUT2D eigenvalue weighted by Crippen LogP contribution is -2.21. The van der Waals surface area contributed by atoms with Gasteiger partial charge in [0.2, 0.25) is 0 Å². The molecule has 0 bridgehead atoms. The molecule has 0 spiro atoms. The van der Waals surface area contributed by atoms with E-state index in [-0.39, 0.29) is 5.56 Å². The zero-order valence-electron chi connectivity index (χ0n) is 11.5. The Bertz CT molecular complexity index is 720. The zero-order chi connectivity index (χ0) is 16.1. The minimum Gasteiger partial charge on any atom is -0.465 e. The lowest BCUT2D eigenvalue weighted by atomic mass is 10.2. The van der Waals surface area contributed by atoms with Crippen molar-refractivity contribution >= 4 is 46.6 Å². The quantitative estimate of drug-likeness (QED) is 0.813. The number of hydrogen-bond acceptors (Lipinski definition) is 3. The van der Waals surface area contributed by atoms with Gasteiger partial charge in [-0.05, 0) is 30.3 Å². The lowest BCUT2D eigenvalue weighted by Gasteiger charge is -2.11. The number of ether oxygens (including phenoxy) is 1. The normalized spacial score (nSPS) is 9.95. The maximum atomic E-state index is 12.0. The van der Waals surface area contributed by atoms with Gasteiger partial charge >= 0.3 is 12.0 Å². The molecule has 2 aromatic carbocycles. The summed E-state index contributed by atoms with van der Waals surface area (Å²) < 4.78 is 4.66. The third-order valence-corrected chi connectivity index (χ3v) is 3.31. The molecule has 7 heteroatoms. The van der Waals surface area contributed by atoms with Crippen molar-refractivity contribution in [1.29, 1.82) is 0 Å². The topological polar surface area (TPSA) is 67.4 Å². The van der Waals surface area contributed by atoms with Crippen molar-refractivity contribution < 1.29 is 14.3 Å². The van der Waals surface area contributed by atoms with Gasteiger partial charge in [-0.25, -0.2) is 9.59 Å². The molecule has 0 aliphatic carbocycles. The van der Waals surface area contributed by atoms with Gasteiger partial charge in [0.25, 0.3) is 0 Å². The summed E-state index contributed by atoms with van der Waals surface area (Å²) in [4.78, 5) is 23.7. The number of carbonyl (C=O) groups excluding carboxylic acids is 2. The minimum absolute atomic E-state index is 0.252. The summed E-state index contributed by atoms with van der Waals surface area (Å²) in [5, 5.41) is 5.92. The molecule has 5 nitrogen and oxygen atoms in total. The molecule has 2 rings (SSSR count). The number of rotatable bonds is 3. The molecule has 0 saturated carbocycles. The minimum atomic E-state index is -0.541. The fraction of sp³-hybridized carbons (Fsp3) is 0.0667. The Morgan fingerprint density at radius 2 is 1.68 bits per heavy atom. The Morgan fingerprint density at radius 1 is 1.00 bits per heavy atom. The number of esters is 1. The van der Waals surface area contributed by atoms with E-state index in [1.165, 1.54) is 13.2 Å². The molecule has 0 saturated heterocycles. The molecule has 114 valence electrons. The van der Waals surface area contributed by atoms with Gasteiger partial charge < -0.3 is 15.4 Å². The molecule has 0 radical (unpaired) electrons. The maximum absolute atomic E-state index is 12.0. The number of benzene rings is 2. The molecular weight excluding hydrogens is 327 g/mol. The molecule has 0 unspecified atom stereocenters. The summed E-state index contributed by atoms with van der Waals surface area (Å²) >= 11 is 11.8. The number of carbonyl (C=O) groups is 2. The number of para-hydroxylation sites is 1. The number of methoxy groups -OCH3 is 1. The summed E-state index contributed by atoms with van der Waals surface area (Å²) in [6.45, 7) is 0. The second kappa shape index (κ2) is 7.15. The zero-order valence-corrected chi connectivity index (χ0v) is 13.0. The highest BCUT2D eigenvalue weighted by molar-refractivity contribution is 6.36. The predicted octanol–water partition coefficient (Wildman–Crippen LogP) is 4.42. The van der Waals surface area contributed by atoms with Crippen molar-refractivity contribution in [1.82, 2.24) is 0 Å². The Hall–Kier alpha value is -2.24. The van der Waals surface area contributed by atoms with Crippen LogP contribution in [0.5, 0.6) is 0 Å². The number of nitrogens with one attached hydrogen (secondary N) is 2. The van der Waals surface area contributed by atoms with Crippen LogP contribution in [0.1, 0.15) is 10.4 Å². The van der Waals surface area contributed by atoms with Crippen LogP contribution in [-0.4, -0.2) is 19.1 Å². The number of anilines is 2. The second-order valence-corrected chi connectivity index (χ2v) is 5.08. The van der Waals surface area contributed by atoms with Gasteiger partial charge in [-0.1, -0.05) is 35.3 Å². The van der Waals surface area contributed by atoms with E-state index in [4.69, 9.17) is 23.2 Å². The molecule has 0 heterocycles. The largest absolute Gasteiger partial charge is 0.465 e. The lowest BCUT2D eigenvalue weighted by molar-refractivity contribution is 0.0602. The fourth-order valence-electron chi connectivity index (χ4n) is 1.75. The molecule has 2 aromatic rings. The van der Waals surface area contributed by atoms with E-state index in [9.17, 15) is 9.59 Å². The summed E-state index contributed by atoms with van der Waals surface area (Å²) in [5.41, 5.74) is 0.985. The molecule has 0 aromatic heterocycles. The van der Waals surface area contributed by atoms with E-state index in [1.54, 1.807) is 36.4 Å². The number of urea groups is 1. The van der Waals surface area contributed by atoms with E-state index in [1.807, 2.05) is 0 Å². The summed E-state index contributed by atoms with van der Waals surface area (Å²) in [6, 6.07) is 10.7. The van der Waals surface area contributed by atoms with E-state index >= 15 is 0 Å². The van der Waals surface area contributed by atoms with Crippen molar-refractivity contribution in [2.24, 2.45) is 0 Å². The number of hydrogen-bond donors (Lipinski definition) is 2. The average molecular weight is 339 g/mol. The molecule has 0 aliphatic rings. The molecule has 0 atom stereocenters. The highest BCUT2D eigenvalue weighted by atomic mass is 35.5. The van der Waals surface area contributed by atoms with Crippen LogP contribution in [-0.2, 0) is 4.74 Å². The highest BCUT2D eigenvalue weighted by Gasteiger charge is 2.13. The van der Waals surface area contributed by atoms with E-state index in [0.29, 0.717) is 21.4 Å². The van der Waals surface area contributed by atoms with Crippen LogP contribution < -0.4 is 10.6 Å². The molecular formula is C15H12Cl2N2O3. The van der Waals surface area contributed by atoms with E-state index in [2.05, 4.69) is 15.4 Å². The Labute approximate surface area is 137 Å². The van der Waals surface area contributed by atoms with Crippen molar-refractivity contribution in [2.45, 2.75) is 0 Å². The predicted molar refractivity (Wildman–Crippen MR) is 86.9 cm³/mol. The van der Waals surface area contributed by atoms with Crippen LogP contribution in [0.3, 0.4) is 0 Å². The highest BCUT2D eigenvalue weighted by Crippen LogP contribution is 2.25. The fourth-order valence-corrected chi connectivity index (χ4v) is 2.20. The van der Waals surface area contributed by atoms with Gasteiger partial charge in [-0.3, -0.25) is 0 Å². The van der Waals surface area contributed by atoms with Crippen LogP contribution in [0, 0.1) is 0 Å². The Morgan fingerprint density at radius 3 is 2.36 bits per heavy atom. The summed E-state index contributed by atoms with van der Waals surface area (Å²) in [5.74, 6) is -0.541. The van der Waals surface area contributed by atoms with E-state index < -0.39 is 12.0 Å². The SMILES string of the molecule is COC(=O)c1ccccc1NC(=O)Nc1ccc(Cl)cc1Cl. The first-order valence-corrected chi connectivity index (χ1v) is 6.97. The molecule has 0 aliphatic heterocycles. The average Bonchev–Trinajstić information content (AvgIpc) is 2.50. The van der Waals surface area contributed by atoms with Crippen LogP contribution in [0.15, 0.2) is 42.5 Å². The van der Waals surface area contributed by atoms with Gasteiger partial charge in [0.1, 0.15) is 0 Å². The van der Waals surface area contributed by atoms with E-state index in [0.717, 1.165) is 0 Å². The smallest absolute Gasteiger partial charge is 0.339 e. The standard InChI is InChI=1S/C15H12Cl2N2O3/c1-22-14(20)10-4-2-3-5-12(10)18-15(21)19-13-7-6-9(16)8-11(13)17/h2-8H,1H3,(H2,18,19,21). The van der Waals surface area contributed by atoms with Crippen LogP contribution in [0.4, 0.5) is 16.2 Å². The third kappa shape index (κ3) is 3.90. The van der Waals surface area contributed by atoms with Crippen molar-refractivity contribution in [2.75, 3.05) is 17.7 Å². The number of halogens is 2. The molecule has 0 fully saturated rings. The number of amides is 2. The third-order valence-electron chi connectivity index (χ3n) is 2.76.